The molecule has 0 unspecified atom stereocenters. The minimum Gasteiger partial charge on any atom is -0.497 e. The SMILES string of the molecule is COc1ccc(-n2nnnc2CCCN)c(OC)c1. The van der Waals surface area contributed by atoms with E-state index in [1.165, 1.54) is 0 Å². The van der Waals surface area contributed by atoms with Crippen molar-refractivity contribution in [2.75, 3.05) is 20.8 Å². The van der Waals surface area contributed by atoms with Crippen molar-refractivity contribution in [3.8, 4) is 17.2 Å². The molecule has 0 radical (unpaired) electrons. The van der Waals surface area contributed by atoms with Gasteiger partial charge in [0.15, 0.2) is 5.82 Å². The highest BCUT2D eigenvalue weighted by Crippen LogP contribution is 2.27. The summed E-state index contributed by atoms with van der Waals surface area (Å²) in [6.07, 6.45) is 1.55. The van der Waals surface area contributed by atoms with Crippen LogP contribution < -0.4 is 15.2 Å². The second-order valence-electron chi connectivity index (χ2n) is 3.94. The molecule has 0 aliphatic heterocycles. The van der Waals surface area contributed by atoms with Gasteiger partial charge in [-0.1, -0.05) is 0 Å². The third kappa shape index (κ3) is 2.82. The predicted molar refractivity (Wildman–Crippen MR) is 69.6 cm³/mol. The van der Waals surface area contributed by atoms with Gasteiger partial charge in [0.25, 0.3) is 0 Å². The molecular formula is C12H17N5O2. The maximum Gasteiger partial charge on any atom is 0.156 e. The molecule has 0 aliphatic carbocycles. The molecule has 0 saturated carbocycles. The first kappa shape index (κ1) is 13.3. The van der Waals surface area contributed by atoms with E-state index in [4.69, 9.17) is 15.2 Å². The van der Waals surface area contributed by atoms with Gasteiger partial charge in [-0.3, -0.25) is 0 Å². The summed E-state index contributed by atoms with van der Waals surface area (Å²) < 4.78 is 12.2. The Morgan fingerprint density at radius 3 is 2.79 bits per heavy atom. The lowest BCUT2D eigenvalue weighted by atomic mass is 10.2. The molecule has 0 aliphatic rings. The molecule has 0 spiro atoms. The molecule has 0 saturated heterocycles. The predicted octanol–water partition coefficient (Wildman–Crippen LogP) is 0.571. The minimum atomic E-state index is 0.604. The lowest BCUT2D eigenvalue weighted by Gasteiger charge is -2.11. The molecule has 1 aromatic carbocycles. The van der Waals surface area contributed by atoms with Crippen molar-refractivity contribution < 1.29 is 9.47 Å². The lowest BCUT2D eigenvalue weighted by molar-refractivity contribution is 0.392. The molecule has 102 valence electrons. The summed E-state index contributed by atoms with van der Waals surface area (Å²) >= 11 is 0. The molecular weight excluding hydrogens is 246 g/mol. The summed E-state index contributed by atoms with van der Waals surface area (Å²) in [5.41, 5.74) is 6.29. The fourth-order valence-electron chi connectivity index (χ4n) is 1.77. The molecule has 2 rings (SSSR count). The zero-order valence-electron chi connectivity index (χ0n) is 11.0. The number of hydrogen-bond donors (Lipinski definition) is 1. The monoisotopic (exact) mass is 263 g/mol. The van der Waals surface area contributed by atoms with E-state index in [9.17, 15) is 0 Å². The zero-order chi connectivity index (χ0) is 13.7. The standard InChI is InChI=1S/C12H17N5O2/c1-18-9-5-6-10(11(8-9)19-2)17-12(4-3-7-13)14-15-16-17/h5-6,8H,3-4,7,13H2,1-2H3. The second-order valence-corrected chi connectivity index (χ2v) is 3.94. The van der Waals surface area contributed by atoms with Crippen LogP contribution in [-0.4, -0.2) is 41.0 Å². The summed E-state index contributed by atoms with van der Waals surface area (Å²) in [6, 6.07) is 5.50. The van der Waals surface area contributed by atoms with Crippen LogP contribution >= 0.6 is 0 Å². The molecule has 0 atom stereocenters. The first-order chi connectivity index (χ1) is 9.30. The van der Waals surface area contributed by atoms with E-state index in [0.717, 1.165) is 30.1 Å². The van der Waals surface area contributed by atoms with Crippen LogP contribution in [0, 0.1) is 0 Å². The van der Waals surface area contributed by atoms with Gasteiger partial charge in [-0.15, -0.1) is 5.10 Å². The van der Waals surface area contributed by atoms with Crippen molar-refractivity contribution in [1.82, 2.24) is 20.2 Å². The first-order valence-electron chi connectivity index (χ1n) is 6.00. The van der Waals surface area contributed by atoms with E-state index >= 15 is 0 Å². The Bertz CT molecular complexity index is 541. The van der Waals surface area contributed by atoms with E-state index in [1.807, 2.05) is 12.1 Å². The van der Waals surface area contributed by atoms with Crippen molar-refractivity contribution in [3.63, 3.8) is 0 Å². The molecule has 2 N–H and O–H groups in total. The van der Waals surface area contributed by atoms with Crippen LogP contribution in [0.2, 0.25) is 0 Å². The molecule has 7 nitrogen and oxygen atoms in total. The van der Waals surface area contributed by atoms with Gasteiger partial charge in [0.2, 0.25) is 0 Å². The van der Waals surface area contributed by atoms with Crippen molar-refractivity contribution in [3.05, 3.63) is 24.0 Å². The van der Waals surface area contributed by atoms with Crippen LogP contribution in [0.4, 0.5) is 0 Å². The van der Waals surface area contributed by atoms with Gasteiger partial charge in [-0.25, -0.2) is 0 Å². The van der Waals surface area contributed by atoms with Gasteiger partial charge >= 0.3 is 0 Å². The van der Waals surface area contributed by atoms with Crippen LogP contribution in [0.25, 0.3) is 5.69 Å². The van der Waals surface area contributed by atoms with Crippen molar-refractivity contribution >= 4 is 0 Å². The molecule has 19 heavy (non-hydrogen) atoms. The quantitative estimate of drug-likeness (QED) is 0.819. The number of aromatic nitrogens is 4. The summed E-state index contributed by atoms with van der Waals surface area (Å²) in [6.45, 7) is 0.604. The van der Waals surface area contributed by atoms with Gasteiger partial charge in [-0.2, -0.15) is 4.68 Å². The summed E-state index contributed by atoms with van der Waals surface area (Å²) in [7, 11) is 3.21. The van der Waals surface area contributed by atoms with E-state index in [1.54, 1.807) is 25.0 Å². The van der Waals surface area contributed by atoms with E-state index in [2.05, 4.69) is 15.5 Å². The van der Waals surface area contributed by atoms with E-state index in [0.29, 0.717) is 12.3 Å². The Balaban J connectivity index is 2.38. The summed E-state index contributed by atoms with van der Waals surface area (Å²) in [4.78, 5) is 0. The maximum absolute atomic E-state index is 5.51. The number of benzene rings is 1. The highest BCUT2D eigenvalue weighted by atomic mass is 16.5. The number of rotatable bonds is 6. The average molecular weight is 263 g/mol. The zero-order valence-corrected chi connectivity index (χ0v) is 11.0. The van der Waals surface area contributed by atoms with Gasteiger partial charge in [0, 0.05) is 12.5 Å². The molecule has 2 aromatic rings. The summed E-state index contributed by atoms with van der Waals surface area (Å²) in [5.74, 6) is 2.13. The average Bonchev–Trinajstić information content (AvgIpc) is 2.92. The Hall–Kier alpha value is -2.15. The van der Waals surface area contributed by atoms with Crippen molar-refractivity contribution in [1.29, 1.82) is 0 Å². The Labute approximate surface area is 111 Å². The molecule has 0 fully saturated rings. The number of nitrogens with zero attached hydrogens (tertiary/aromatic N) is 4. The van der Waals surface area contributed by atoms with Crippen LogP contribution in [0.1, 0.15) is 12.2 Å². The van der Waals surface area contributed by atoms with Gasteiger partial charge in [0.05, 0.1) is 14.2 Å². The largest absolute Gasteiger partial charge is 0.497 e. The fraction of sp³-hybridized carbons (Fsp3) is 0.417. The van der Waals surface area contributed by atoms with Gasteiger partial charge in [0.1, 0.15) is 17.2 Å². The van der Waals surface area contributed by atoms with E-state index < -0.39 is 0 Å². The minimum absolute atomic E-state index is 0.604. The third-order valence-electron chi connectivity index (χ3n) is 2.75. The van der Waals surface area contributed by atoms with Crippen LogP contribution in [-0.2, 0) is 6.42 Å². The topological polar surface area (TPSA) is 88.1 Å². The summed E-state index contributed by atoms with van der Waals surface area (Å²) in [5, 5.41) is 11.7. The number of methoxy groups -OCH3 is 2. The van der Waals surface area contributed by atoms with Gasteiger partial charge in [-0.05, 0) is 35.5 Å². The Morgan fingerprint density at radius 1 is 1.26 bits per heavy atom. The number of tetrazole rings is 1. The van der Waals surface area contributed by atoms with Crippen LogP contribution in [0.15, 0.2) is 18.2 Å². The lowest BCUT2D eigenvalue weighted by Crippen LogP contribution is -2.08. The molecule has 0 amide bonds. The molecule has 1 aromatic heterocycles. The van der Waals surface area contributed by atoms with Crippen molar-refractivity contribution in [2.24, 2.45) is 5.73 Å². The maximum atomic E-state index is 5.51. The van der Waals surface area contributed by atoms with Gasteiger partial charge < -0.3 is 15.2 Å². The third-order valence-corrected chi connectivity index (χ3v) is 2.75. The number of nitrogens with two attached hydrogens (primary N) is 1. The first-order valence-corrected chi connectivity index (χ1v) is 6.00. The normalized spacial score (nSPS) is 10.5. The fourth-order valence-corrected chi connectivity index (χ4v) is 1.77. The smallest absolute Gasteiger partial charge is 0.156 e. The molecule has 0 bridgehead atoms. The van der Waals surface area contributed by atoms with Crippen LogP contribution in [0.3, 0.4) is 0 Å². The number of ether oxygens (including phenoxy) is 2. The Morgan fingerprint density at radius 2 is 2.11 bits per heavy atom. The number of aryl methyl sites for hydroxylation is 1. The molecule has 7 heteroatoms. The van der Waals surface area contributed by atoms with E-state index in [-0.39, 0.29) is 0 Å². The van der Waals surface area contributed by atoms with Crippen LogP contribution in [0.5, 0.6) is 11.5 Å². The highest BCUT2D eigenvalue weighted by molar-refractivity contribution is 5.50. The molecule has 1 heterocycles. The number of hydrogen-bond acceptors (Lipinski definition) is 6. The van der Waals surface area contributed by atoms with Crippen molar-refractivity contribution in [2.45, 2.75) is 12.8 Å². The highest BCUT2D eigenvalue weighted by Gasteiger charge is 2.13. The Kier molecular flexibility index (Phi) is 4.30. The second kappa shape index (κ2) is 6.14.